The van der Waals surface area contributed by atoms with Crippen LogP contribution in [0.3, 0.4) is 0 Å². The molecule has 2 aromatic carbocycles. The van der Waals surface area contributed by atoms with Crippen molar-refractivity contribution in [1.29, 1.82) is 0 Å². The van der Waals surface area contributed by atoms with Crippen LogP contribution in [-0.2, 0) is 22.7 Å². The van der Waals surface area contributed by atoms with Crippen LogP contribution in [0.4, 0.5) is 0 Å². The average Bonchev–Trinajstić information content (AvgIpc) is 3.26. The minimum atomic E-state index is -0.132. The first-order valence-corrected chi connectivity index (χ1v) is 10.0. The van der Waals surface area contributed by atoms with Gasteiger partial charge in [0.2, 0.25) is 11.8 Å². The average molecular weight is 392 g/mol. The van der Waals surface area contributed by atoms with Crippen molar-refractivity contribution in [3.63, 3.8) is 0 Å². The van der Waals surface area contributed by atoms with Gasteiger partial charge in [-0.1, -0.05) is 30.3 Å². The Balaban J connectivity index is 1.44. The molecule has 5 nitrogen and oxygen atoms in total. The zero-order chi connectivity index (χ0) is 19.7. The zero-order valence-electron chi connectivity index (χ0n) is 15.6. The highest BCUT2D eigenvalue weighted by atomic mass is 32.1. The summed E-state index contributed by atoms with van der Waals surface area (Å²) < 4.78 is 1.22. The number of benzene rings is 2. The molecule has 0 radical (unpaired) electrons. The third-order valence-electron chi connectivity index (χ3n) is 5.01. The van der Waals surface area contributed by atoms with Crippen LogP contribution in [0.25, 0.3) is 10.1 Å². The fourth-order valence-corrected chi connectivity index (χ4v) is 4.39. The number of thiophene rings is 1. The Kier molecular flexibility index (Phi) is 4.96. The molecule has 1 aliphatic rings. The molecule has 1 fully saturated rings. The Morgan fingerprint density at radius 3 is 2.43 bits per heavy atom. The van der Waals surface area contributed by atoms with Gasteiger partial charge in [0.05, 0.1) is 6.54 Å². The highest BCUT2D eigenvalue weighted by molar-refractivity contribution is 7.17. The monoisotopic (exact) mass is 392 g/mol. The third-order valence-corrected chi connectivity index (χ3v) is 6.02. The maximum Gasteiger partial charge on any atom is 0.253 e. The van der Waals surface area contributed by atoms with Crippen molar-refractivity contribution in [3.8, 4) is 0 Å². The molecule has 2 heterocycles. The molecule has 3 aromatic rings. The first kappa shape index (κ1) is 18.4. The minimum Gasteiger partial charge on any atom is -0.337 e. The quantitative estimate of drug-likeness (QED) is 0.620. The van der Waals surface area contributed by atoms with E-state index in [-0.39, 0.29) is 37.1 Å². The SMILES string of the molecule is CN(Cc1csc2ccccc12)C(=O)c1ccc(CN2C(=O)CCC2=O)cc1. The Morgan fingerprint density at radius 1 is 1.04 bits per heavy atom. The van der Waals surface area contributed by atoms with E-state index in [0.717, 1.165) is 11.1 Å². The number of hydrogen-bond donors (Lipinski definition) is 0. The predicted octanol–water partition coefficient (Wildman–Crippen LogP) is 3.82. The Labute approximate surface area is 167 Å². The van der Waals surface area contributed by atoms with Gasteiger partial charge in [-0.15, -0.1) is 11.3 Å². The van der Waals surface area contributed by atoms with E-state index in [9.17, 15) is 14.4 Å². The molecule has 1 aliphatic heterocycles. The summed E-state index contributed by atoms with van der Waals surface area (Å²) in [7, 11) is 1.80. The van der Waals surface area contributed by atoms with E-state index >= 15 is 0 Å². The standard InChI is InChI=1S/C22H20N2O3S/c1-23(13-17-14-28-19-5-3-2-4-18(17)19)22(27)16-8-6-15(7-9-16)12-24-20(25)10-11-21(24)26/h2-9,14H,10-13H2,1H3. The van der Waals surface area contributed by atoms with Crippen LogP contribution in [0.1, 0.15) is 34.3 Å². The molecular weight excluding hydrogens is 372 g/mol. The van der Waals surface area contributed by atoms with Gasteiger partial charge in [0.15, 0.2) is 0 Å². The van der Waals surface area contributed by atoms with Crippen LogP contribution in [0.15, 0.2) is 53.9 Å². The van der Waals surface area contributed by atoms with E-state index in [4.69, 9.17) is 0 Å². The smallest absolute Gasteiger partial charge is 0.253 e. The number of likely N-dealkylation sites (tertiary alicyclic amines) is 1. The predicted molar refractivity (Wildman–Crippen MR) is 109 cm³/mol. The molecular formula is C22H20N2O3S. The lowest BCUT2D eigenvalue weighted by atomic mass is 10.1. The van der Waals surface area contributed by atoms with Crippen molar-refractivity contribution < 1.29 is 14.4 Å². The van der Waals surface area contributed by atoms with Crippen LogP contribution in [-0.4, -0.2) is 34.6 Å². The Hall–Kier alpha value is -2.99. The van der Waals surface area contributed by atoms with Gasteiger partial charge in [-0.3, -0.25) is 19.3 Å². The van der Waals surface area contributed by atoms with Gasteiger partial charge in [-0.25, -0.2) is 0 Å². The van der Waals surface area contributed by atoms with Crippen molar-refractivity contribution in [2.45, 2.75) is 25.9 Å². The van der Waals surface area contributed by atoms with Crippen molar-refractivity contribution in [1.82, 2.24) is 9.80 Å². The lowest BCUT2D eigenvalue weighted by molar-refractivity contribution is -0.139. The summed E-state index contributed by atoms with van der Waals surface area (Å²) in [5.41, 5.74) is 2.57. The third kappa shape index (κ3) is 3.55. The summed E-state index contributed by atoms with van der Waals surface area (Å²) in [5.74, 6) is -0.323. The van der Waals surface area contributed by atoms with Gasteiger partial charge in [0, 0.05) is 36.7 Å². The van der Waals surface area contributed by atoms with Gasteiger partial charge in [-0.05, 0) is 40.1 Å². The van der Waals surface area contributed by atoms with E-state index in [1.165, 1.54) is 15.0 Å². The maximum atomic E-state index is 12.8. The van der Waals surface area contributed by atoms with Gasteiger partial charge in [0.25, 0.3) is 5.91 Å². The number of carbonyl (C=O) groups excluding carboxylic acids is 3. The summed E-state index contributed by atoms with van der Waals surface area (Å²) in [4.78, 5) is 39.3. The Bertz CT molecular complexity index is 1040. The van der Waals surface area contributed by atoms with Crippen LogP contribution in [0, 0.1) is 0 Å². The number of carbonyl (C=O) groups is 3. The van der Waals surface area contributed by atoms with Crippen LogP contribution >= 0.6 is 11.3 Å². The van der Waals surface area contributed by atoms with Crippen LogP contribution in [0.5, 0.6) is 0 Å². The van der Waals surface area contributed by atoms with Crippen molar-refractivity contribution >= 4 is 39.1 Å². The fraction of sp³-hybridized carbons (Fsp3) is 0.227. The number of fused-ring (bicyclic) bond motifs is 1. The molecule has 0 atom stereocenters. The maximum absolute atomic E-state index is 12.8. The molecule has 0 N–H and O–H groups in total. The topological polar surface area (TPSA) is 57.7 Å². The number of hydrogen-bond acceptors (Lipinski definition) is 4. The molecule has 6 heteroatoms. The minimum absolute atomic E-state index is 0.0600. The van der Waals surface area contributed by atoms with Gasteiger partial charge < -0.3 is 4.90 Å². The molecule has 0 spiro atoms. The lowest BCUT2D eigenvalue weighted by Gasteiger charge is -2.18. The Morgan fingerprint density at radius 2 is 1.71 bits per heavy atom. The van der Waals surface area contributed by atoms with Crippen LogP contribution < -0.4 is 0 Å². The molecule has 0 bridgehead atoms. The number of imide groups is 1. The summed E-state index contributed by atoms with van der Waals surface area (Å²) in [6.45, 7) is 0.810. The largest absolute Gasteiger partial charge is 0.337 e. The lowest BCUT2D eigenvalue weighted by Crippen LogP contribution is -2.28. The number of nitrogens with zero attached hydrogens (tertiary/aromatic N) is 2. The molecule has 0 saturated carbocycles. The van der Waals surface area contributed by atoms with Crippen molar-refractivity contribution in [2.75, 3.05) is 7.05 Å². The van der Waals surface area contributed by atoms with E-state index in [1.54, 1.807) is 47.5 Å². The molecule has 142 valence electrons. The van der Waals surface area contributed by atoms with Gasteiger partial charge in [0.1, 0.15) is 0 Å². The van der Waals surface area contributed by atoms with Crippen molar-refractivity contribution in [2.24, 2.45) is 0 Å². The first-order chi connectivity index (χ1) is 13.5. The van der Waals surface area contributed by atoms with Gasteiger partial charge >= 0.3 is 0 Å². The summed E-state index contributed by atoms with van der Waals surface area (Å²) in [6.07, 6.45) is 0.578. The summed E-state index contributed by atoms with van der Waals surface area (Å²) in [6, 6.07) is 15.3. The molecule has 0 unspecified atom stereocenters. The second-order valence-electron chi connectivity index (χ2n) is 6.99. The normalized spacial score (nSPS) is 14.1. The zero-order valence-corrected chi connectivity index (χ0v) is 16.4. The second-order valence-corrected chi connectivity index (χ2v) is 7.90. The summed E-state index contributed by atoms with van der Waals surface area (Å²) in [5, 5.41) is 3.28. The highest BCUT2D eigenvalue weighted by Crippen LogP contribution is 2.26. The number of rotatable bonds is 5. The molecule has 1 aromatic heterocycles. The van der Waals surface area contributed by atoms with E-state index in [1.807, 2.05) is 12.1 Å². The molecule has 1 saturated heterocycles. The van der Waals surface area contributed by atoms with Gasteiger partial charge in [-0.2, -0.15) is 0 Å². The first-order valence-electron chi connectivity index (χ1n) is 9.15. The van der Waals surface area contributed by atoms with E-state index in [0.29, 0.717) is 12.1 Å². The molecule has 3 amide bonds. The van der Waals surface area contributed by atoms with Crippen LogP contribution in [0.2, 0.25) is 0 Å². The summed E-state index contributed by atoms with van der Waals surface area (Å²) >= 11 is 1.68. The van der Waals surface area contributed by atoms with E-state index < -0.39 is 0 Å². The fourth-order valence-electron chi connectivity index (χ4n) is 3.44. The molecule has 0 aliphatic carbocycles. The van der Waals surface area contributed by atoms with Crippen molar-refractivity contribution in [3.05, 3.63) is 70.6 Å². The molecule has 4 rings (SSSR count). The number of amides is 3. The highest BCUT2D eigenvalue weighted by Gasteiger charge is 2.28. The molecule has 28 heavy (non-hydrogen) atoms. The van der Waals surface area contributed by atoms with E-state index in [2.05, 4.69) is 17.5 Å². The second kappa shape index (κ2) is 7.56.